The van der Waals surface area contributed by atoms with Crippen LogP contribution < -0.4 is 4.31 Å². The van der Waals surface area contributed by atoms with Crippen molar-refractivity contribution in [2.75, 3.05) is 17.6 Å². The number of phenolic OH excluding ortho intramolecular Hbond substituents is 1. The van der Waals surface area contributed by atoms with Crippen LogP contribution in [0.2, 0.25) is 5.02 Å². The van der Waals surface area contributed by atoms with Gasteiger partial charge in [0.1, 0.15) is 17.2 Å². The second kappa shape index (κ2) is 7.24. The smallest absolute Gasteiger partial charge is 0.232 e. The molecule has 0 aliphatic rings. The van der Waals surface area contributed by atoms with Crippen LogP contribution in [0.3, 0.4) is 0 Å². The molecule has 162 valence electrons. The van der Waals surface area contributed by atoms with E-state index in [-0.39, 0.29) is 44.9 Å². The molecule has 4 rings (SSSR count). The lowest BCUT2D eigenvalue weighted by molar-refractivity contribution is 0.423. The number of phenols is 1. The monoisotopic (exact) mass is 467 g/mol. The van der Waals surface area contributed by atoms with Crippen molar-refractivity contribution in [3.05, 3.63) is 58.9 Å². The summed E-state index contributed by atoms with van der Waals surface area (Å²) in [7, 11) is -2.38. The molecule has 2 N–H and O–H groups in total. The molecular weight excluding hydrogens is 452 g/mol. The molecule has 7 nitrogen and oxygen atoms in total. The lowest BCUT2D eigenvalue weighted by atomic mass is 10.1. The Morgan fingerprint density at radius 1 is 1.19 bits per heavy atom. The molecule has 31 heavy (non-hydrogen) atoms. The molecule has 0 saturated carbocycles. The molecule has 0 unspecified atom stereocenters. The third kappa shape index (κ3) is 3.41. The van der Waals surface area contributed by atoms with E-state index < -0.39 is 27.5 Å². The summed E-state index contributed by atoms with van der Waals surface area (Å²) in [5.74, 6) is -2.59. The summed E-state index contributed by atoms with van der Waals surface area (Å²) in [4.78, 5) is 4.11. The number of fused-ring (bicyclic) bond motifs is 2. The Labute approximate surface area is 180 Å². The Balaban J connectivity index is 2.04. The van der Waals surface area contributed by atoms with Crippen molar-refractivity contribution in [1.29, 1.82) is 0 Å². The van der Waals surface area contributed by atoms with Crippen molar-refractivity contribution in [3.8, 4) is 11.6 Å². The summed E-state index contributed by atoms with van der Waals surface area (Å²) in [6.45, 7) is -0.252. The van der Waals surface area contributed by atoms with E-state index in [4.69, 9.17) is 11.6 Å². The standard InChI is InChI=1S/C20H16ClF2N3O4S/c1-25(31(2,29)30)18-11-4-3-5-24-17(11)19(27)16-12(18)9-26(20(16)28)8-10-6-13(21)15(23)7-14(10)22/h3-7,9,27-28H,8H2,1-2H3. The van der Waals surface area contributed by atoms with Crippen LogP contribution in [0.15, 0.2) is 36.7 Å². The zero-order chi connectivity index (χ0) is 22.7. The number of sulfonamides is 1. The molecule has 2 aromatic heterocycles. The van der Waals surface area contributed by atoms with E-state index in [1.165, 1.54) is 24.0 Å². The van der Waals surface area contributed by atoms with Crippen LogP contribution in [0.25, 0.3) is 21.7 Å². The average molecular weight is 468 g/mol. The van der Waals surface area contributed by atoms with Gasteiger partial charge in [-0.1, -0.05) is 11.6 Å². The van der Waals surface area contributed by atoms with E-state index in [1.54, 1.807) is 12.1 Å². The van der Waals surface area contributed by atoms with Gasteiger partial charge in [-0.05, 0) is 18.2 Å². The van der Waals surface area contributed by atoms with Gasteiger partial charge in [0.15, 0.2) is 5.75 Å². The molecule has 0 fully saturated rings. The molecule has 11 heteroatoms. The molecule has 0 spiro atoms. The Bertz CT molecular complexity index is 1470. The number of rotatable bonds is 4. The van der Waals surface area contributed by atoms with Gasteiger partial charge in [-0.25, -0.2) is 17.2 Å². The minimum absolute atomic E-state index is 0.0119. The first-order valence-corrected chi connectivity index (χ1v) is 11.1. The zero-order valence-electron chi connectivity index (χ0n) is 16.3. The van der Waals surface area contributed by atoms with Crippen molar-refractivity contribution in [2.45, 2.75) is 6.54 Å². The summed E-state index contributed by atoms with van der Waals surface area (Å²) < 4.78 is 54.5. The van der Waals surface area contributed by atoms with Crippen molar-refractivity contribution in [3.63, 3.8) is 0 Å². The quantitative estimate of drug-likeness (QED) is 0.443. The zero-order valence-corrected chi connectivity index (χ0v) is 17.8. The van der Waals surface area contributed by atoms with Crippen LogP contribution in [0.5, 0.6) is 11.6 Å². The van der Waals surface area contributed by atoms with Gasteiger partial charge >= 0.3 is 0 Å². The predicted octanol–water partition coefficient (Wildman–Crippen LogP) is 3.98. The summed E-state index contributed by atoms with van der Waals surface area (Å²) in [5.41, 5.74) is 0.261. The number of halogens is 3. The predicted molar refractivity (Wildman–Crippen MR) is 114 cm³/mol. The van der Waals surface area contributed by atoms with Crippen molar-refractivity contribution >= 4 is 49.0 Å². The van der Waals surface area contributed by atoms with Crippen LogP contribution in [0.1, 0.15) is 5.56 Å². The number of pyridine rings is 1. The molecule has 0 saturated heterocycles. The van der Waals surface area contributed by atoms with Crippen molar-refractivity contribution < 1.29 is 27.4 Å². The number of aromatic nitrogens is 2. The Hall–Kier alpha value is -3.11. The van der Waals surface area contributed by atoms with E-state index in [0.29, 0.717) is 11.5 Å². The van der Waals surface area contributed by atoms with E-state index in [0.717, 1.165) is 16.6 Å². The van der Waals surface area contributed by atoms with Crippen LogP contribution in [-0.4, -0.2) is 41.5 Å². The Morgan fingerprint density at radius 2 is 1.90 bits per heavy atom. The summed E-state index contributed by atoms with van der Waals surface area (Å²) in [6, 6.07) is 4.90. The molecule has 2 aromatic carbocycles. The van der Waals surface area contributed by atoms with E-state index in [2.05, 4.69) is 4.98 Å². The molecule has 0 radical (unpaired) electrons. The fraction of sp³-hybridized carbons (Fsp3) is 0.150. The fourth-order valence-corrected chi connectivity index (χ4v) is 4.22. The van der Waals surface area contributed by atoms with Crippen LogP contribution in [0.4, 0.5) is 14.5 Å². The fourth-order valence-electron chi connectivity index (χ4n) is 3.50. The topological polar surface area (TPSA) is 95.7 Å². The maximum atomic E-state index is 14.2. The van der Waals surface area contributed by atoms with Gasteiger partial charge in [0.25, 0.3) is 0 Å². The van der Waals surface area contributed by atoms with Crippen molar-refractivity contribution in [1.82, 2.24) is 9.55 Å². The number of nitrogens with zero attached hydrogens (tertiary/aromatic N) is 3. The maximum Gasteiger partial charge on any atom is 0.232 e. The SMILES string of the molecule is CN(c1c2cccnc2c(O)c2c(O)n(Cc3cc(Cl)c(F)cc3F)cc12)S(C)(=O)=O. The number of anilines is 1. The average Bonchev–Trinajstić information content (AvgIpc) is 3.01. The minimum atomic E-state index is -3.72. The normalized spacial score (nSPS) is 12.0. The number of aromatic hydroxyl groups is 2. The maximum absolute atomic E-state index is 14.2. The number of benzene rings is 2. The van der Waals surface area contributed by atoms with Gasteiger partial charge < -0.3 is 14.8 Å². The third-order valence-corrected chi connectivity index (χ3v) is 6.54. The molecule has 0 aliphatic carbocycles. The van der Waals surface area contributed by atoms with Gasteiger partial charge in [-0.15, -0.1) is 0 Å². The summed E-state index contributed by atoms with van der Waals surface area (Å²) in [6.07, 6.45) is 3.81. The Kier molecular flexibility index (Phi) is 4.94. The molecule has 0 amide bonds. The molecule has 0 aliphatic heterocycles. The molecular formula is C20H16ClF2N3O4S. The number of hydrogen-bond donors (Lipinski definition) is 2. The molecule has 4 aromatic rings. The van der Waals surface area contributed by atoms with Crippen molar-refractivity contribution in [2.24, 2.45) is 0 Å². The van der Waals surface area contributed by atoms with Crippen LogP contribution in [0, 0.1) is 11.6 Å². The second-order valence-electron chi connectivity index (χ2n) is 7.05. The van der Waals surface area contributed by atoms with Gasteiger partial charge in [0, 0.05) is 41.8 Å². The highest BCUT2D eigenvalue weighted by Gasteiger charge is 2.26. The van der Waals surface area contributed by atoms with E-state index in [1.807, 2.05) is 0 Å². The first-order valence-electron chi connectivity index (χ1n) is 8.89. The lowest BCUT2D eigenvalue weighted by Gasteiger charge is -2.20. The molecule has 0 atom stereocenters. The van der Waals surface area contributed by atoms with Crippen LogP contribution >= 0.6 is 11.6 Å². The highest BCUT2D eigenvalue weighted by Crippen LogP contribution is 2.46. The summed E-state index contributed by atoms with van der Waals surface area (Å²) >= 11 is 5.75. The lowest BCUT2D eigenvalue weighted by Crippen LogP contribution is -2.25. The molecule has 2 heterocycles. The Morgan fingerprint density at radius 3 is 2.58 bits per heavy atom. The first kappa shape index (κ1) is 21.1. The highest BCUT2D eigenvalue weighted by molar-refractivity contribution is 7.92. The highest BCUT2D eigenvalue weighted by atomic mass is 35.5. The third-order valence-electron chi connectivity index (χ3n) is 5.07. The second-order valence-corrected chi connectivity index (χ2v) is 9.48. The van der Waals surface area contributed by atoms with Gasteiger partial charge in [0.2, 0.25) is 15.9 Å². The molecule has 0 bridgehead atoms. The van der Waals surface area contributed by atoms with Crippen LogP contribution in [-0.2, 0) is 16.6 Å². The van der Waals surface area contributed by atoms with Gasteiger partial charge in [0.05, 0.1) is 28.9 Å². The summed E-state index contributed by atoms with van der Waals surface area (Å²) in [5, 5.41) is 21.8. The van der Waals surface area contributed by atoms with E-state index in [9.17, 15) is 27.4 Å². The number of hydrogen-bond acceptors (Lipinski definition) is 5. The van der Waals surface area contributed by atoms with E-state index >= 15 is 0 Å². The first-order chi connectivity index (χ1) is 14.5. The minimum Gasteiger partial charge on any atom is -0.505 e. The van der Waals surface area contributed by atoms with Gasteiger partial charge in [-0.2, -0.15) is 0 Å². The largest absolute Gasteiger partial charge is 0.505 e. The van der Waals surface area contributed by atoms with Gasteiger partial charge in [-0.3, -0.25) is 9.29 Å².